The van der Waals surface area contributed by atoms with Gasteiger partial charge in [0.25, 0.3) is 0 Å². The van der Waals surface area contributed by atoms with Crippen LogP contribution < -0.4 is 11.1 Å². The molecule has 1 aromatic rings. The number of carbonyl (C=O) groups is 1. The summed E-state index contributed by atoms with van der Waals surface area (Å²) in [5, 5.41) is 3.03. The van der Waals surface area contributed by atoms with Gasteiger partial charge in [0.2, 0.25) is 5.91 Å². The third kappa shape index (κ3) is 6.21. The number of carbonyl (C=O) groups excluding carboxylic acids is 1. The van der Waals surface area contributed by atoms with E-state index >= 15 is 0 Å². The lowest BCUT2D eigenvalue weighted by Gasteiger charge is -2.15. The molecule has 19 heavy (non-hydrogen) atoms. The molecule has 1 amide bonds. The second-order valence-corrected chi connectivity index (χ2v) is 5.62. The van der Waals surface area contributed by atoms with Crippen LogP contribution in [0.1, 0.15) is 50.6 Å². The zero-order valence-corrected chi connectivity index (χ0v) is 13.1. The van der Waals surface area contributed by atoms with Crippen LogP contribution in [0.5, 0.6) is 0 Å². The number of halogens is 1. The highest BCUT2D eigenvalue weighted by atomic mass is 79.9. The Labute approximate surface area is 124 Å². The van der Waals surface area contributed by atoms with Crippen molar-refractivity contribution in [1.82, 2.24) is 5.32 Å². The van der Waals surface area contributed by atoms with Gasteiger partial charge in [-0.2, -0.15) is 0 Å². The number of nitrogens with two attached hydrogens (primary N) is 1. The van der Waals surface area contributed by atoms with Crippen LogP contribution in [0, 0.1) is 0 Å². The fraction of sp³-hybridized carbons (Fsp3) is 0.533. The van der Waals surface area contributed by atoms with E-state index in [0.29, 0.717) is 6.42 Å². The lowest BCUT2D eigenvalue weighted by Crippen LogP contribution is -2.26. The average Bonchev–Trinajstić information content (AvgIpc) is 2.39. The maximum atomic E-state index is 11.8. The van der Waals surface area contributed by atoms with Crippen molar-refractivity contribution in [3.8, 4) is 0 Å². The maximum absolute atomic E-state index is 11.8. The molecule has 0 aliphatic rings. The lowest BCUT2D eigenvalue weighted by atomic mass is 10.1. The Morgan fingerprint density at radius 2 is 1.95 bits per heavy atom. The summed E-state index contributed by atoms with van der Waals surface area (Å²) in [5.74, 6) is 0.121. The molecule has 0 saturated carbocycles. The zero-order chi connectivity index (χ0) is 14.1. The Kier molecular flexibility index (Phi) is 7.75. The minimum Gasteiger partial charge on any atom is -0.350 e. The molecule has 0 bridgehead atoms. The van der Waals surface area contributed by atoms with E-state index in [0.717, 1.165) is 42.3 Å². The first-order valence-electron chi connectivity index (χ1n) is 6.89. The second-order valence-electron chi connectivity index (χ2n) is 4.76. The molecule has 0 aliphatic carbocycles. The Morgan fingerprint density at radius 3 is 2.63 bits per heavy atom. The number of hydrogen-bond donors (Lipinski definition) is 2. The zero-order valence-electron chi connectivity index (χ0n) is 11.5. The van der Waals surface area contributed by atoms with Gasteiger partial charge >= 0.3 is 0 Å². The summed E-state index contributed by atoms with van der Waals surface area (Å²) in [6, 6.07) is 8.00. The summed E-state index contributed by atoms with van der Waals surface area (Å²) < 4.78 is 1.03. The summed E-state index contributed by atoms with van der Waals surface area (Å²) in [5.41, 5.74) is 6.54. The van der Waals surface area contributed by atoms with Crippen molar-refractivity contribution in [2.45, 2.75) is 45.1 Å². The van der Waals surface area contributed by atoms with Gasteiger partial charge in [0.15, 0.2) is 0 Å². The van der Waals surface area contributed by atoms with Crippen LogP contribution in [0.15, 0.2) is 28.7 Å². The van der Waals surface area contributed by atoms with E-state index in [1.807, 2.05) is 31.2 Å². The quantitative estimate of drug-likeness (QED) is 0.718. The molecule has 0 radical (unpaired) electrons. The fourth-order valence-corrected chi connectivity index (χ4v) is 2.63. The Hall–Kier alpha value is -0.870. The molecular formula is C15H23BrN2O. The number of amides is 1. The highest BCUT2D eigenvalue weighted by Crippen LogP contribution is 2.22. The second kappa shape index (κ2) is 9.10. The molecule has 1 aromatic carbocycles. The largest absolute Gasteiger partial charge is 0.350 e. The summed E-state index contributed by atoms with van der Waals surface area (Å²) in [6.07, 6.45) is 4.78. The van der Waals surface area contributed by atoms with Gasteiger partial charge in [0.05, 0.1) is 6.04 Å². The van der Waals surface area contributed by atoms with Crippen molar-refractivity contribution in [1.29, 1.82) is 0 Å². The summed E-state index contributed by atoms with van der Waals surface area (Å²) in [7, 11) is 0. The van der Waals surface area contributed by atoms with Gasteiger partial charge in [-0.1, -0.05) is 47.0 Å². The SMILES string of the molecule is C[C@H](NC(=O)CCCCCCN)c1ccccc1Br. The van der Waals surface area contributed by atoms with E-state index in [1.165, 1.54) is 0 Å². The molecule has 106 valence electrons. The Morgan fingerprint density at radius 1 is 1.26 bits per heavy atom. The lowest BCUT2D eigenvalue weighted by molar-refractivity contribution is -0.121. The van der Waals surface area contributed by atoms with E-state index in [2.05, 4.69) is 21.2 Å². The number of hydrogen-bond acceptors (Lipinski definition) is 2. The van der Waals surface area contributed by atoms with Gasteiger partial charge in [0.1, 0.15) is 0 Å². The van der Waals surface area contributed by atoms with E-state index in [-0.39, 0.29) is 11.9 Å². The van der Waals surface area contributed by atoms with Gasteiger partial charge < -0.3 is 11.1 Å². The predicted octanol–water partition coefficient (Wildman–Crippen LogP) is 3.54. The molecule has 0 heterocycles. The van der Waals surface area contributed by atoms with Crippen molar-refractivity contribution in [3.05, 3.63) is 34.3 Å². The predicted molar refractivity (Wildman–Crippen MR) is 82.8 cm³/mol. The van der Waals surface area contributed by atoms with Gasteiger partial charge in [-0.05, 0) is 37.9 Å². The van der Waals surface area contributed by atoms with Gasteiger partial charge in [-0.25, -0.2) is 0 Å². The van der Waals surface area contributed by atoms with E-state index in [4.69, 9.17) is 5.73 Å². The summed E-state index contributed by atoms with van der Waals surface area (Å²) in [4.78, 5) is 11.8. The highest BCUT2D eigenvalue weighted by molar-refractivity contribution is 9.10. The molecule has 1 atom stereocenters. The highest BCUT2D eigenvalue weighted by Gasteiger charge is 2.11. The van der Waals surface area contributed by atoms with Crippen LogP contribution in [0.2, 0.25) is 0 Å². The molecule has 0 spiro atoms. The van der Waals surface area contributed by atoms with Crippen LogP contribution in [0.3, 0.4) is 0 Å². The smallest absolute Gasteiger partial charge is 0.220 e. The molecule has 4 heteroatoms. The van der Waals surface area contributed by atoms with Gasteiger partial charge in [0, 0.05) is 10.9 Å². The molecule has 1 rings (SSSR count). The minimum atomic E-state index is 0.0344. The number of nitrogens with one attached hydrogen (secondary N) is 1. The first kappa shape index (κ1) is 16.2. The fourth-order valence-electron chi connectivity index (χ4n) is 2.00. The Balaban J connectivity index is 2.30. The molecule has 0 unspecified atom stereocenters. The minimum absolute atomic E-state index is 0.0344. The third-order valence-electron chi connectivity index (χ3n) is 3.11. The van der Waals surface area contributed by atoms with E-state index in [1.54, 1.807) is 0 Å². The van der Waals surface area contributed by atoms with E-state index < -0.39 is 0 Å². The van der Waals surface area contributed by atoms with Crippen molar-refractivity contribution in [2.24, 2.45) is 5.73 Å². The molecule has 0 fully saturated rings. The maximum Gasteiger partial charge on any atom is 0.220 e. The van der Waals surface area contributed by atoms with Crippen LogP contribution in [-0.2, 0) is 4.79 Å². The molecule has 0 aliphatic heterocycles. The molecule has 3 nitrogen and oxygen atoms in total. The van der Waals surface area contributed by atoms with Gasteiger partial charge in [-0.3, -0.25) is 4.79 Å². The Bertz CT molecular complexity index is 395. The molecule has 0 saturated heterocycles. The van der Waals surface area contributed by atoms with Gasteiger partial charge in [-0.15, -0.1) is 0 Å². The topological polar surface area (TPSA) is 55.1 Å². The van der Waals surface area contributed by atoms with Crippen molar-refractivity contribution < 1.29 is 4.79 Å². The van der Waals surface area contributed by atoms with Crippen molar-refractivity contribution in [3.63, 3.8) is 0 Å². The van der Waals surface area contributed by atoms with Crippen molar-refractivity contribution >= 4 is 21.8 Å². The molecule has 0 aromatic heterocycles. The summed E-state index contributed by atoms with van der Waals surface area (Å²) in [6.45, 7) is 2.75. The van der Waals surface area contributed by atoms with Crippen LogP contribution in [-0.4, -0.2) is 12.5 Å². The monoisotopic (exact) mass is 326 g/mol. The third-order valence-corrected chi connectivity index (χ3v) is 3.83. The first-order chi connectivity index (χ1) is 9.15. The van der Waals surface area contributed by atoms with E-state index in [9.17, 15) is 4.79 Å². The van der Waals surface area contributed by atoms with Crippen LogP contribution >= 0.6 is 15.9 Å². The first-order valence-corrected chi connectivity index (χ1v) is 7.68. The average molecular weight is 327 g/mol. The van der Waals surface area contributed by atoms with Crippen LogP contribution in [0.25, 0.3) is 0 Å². The summed E-state index contributed by atoms with van der Waals surface area (Å²) >= 11 is 3.50. The number of rotatable bonds is 8. The van der Waals surface area contributed by atoms with Crippen molar-refractivity contribution in [2.75, 3.05) is 6.54 Å². The van der Waals surface area contributed by atoms with Crippen LogP contribution in [0.4, 0.5) is 0 Å². The number of benzene rings is 1. The number of unbranched alkanes of at least 4 members (excludes halogenated alkanes) is 3. The standard InChI is InChI=1S/C15H23BrN2O/c1-12(13-8-5-6-9-14(13)16)18-15(19)10-4-2-3-7-11-17/h5-6,8-9,12H,2-4,7,10-11,17H2,1H3,(H,18,19)/t12-/m0/s1. The molecule has 3 N–H and O–H groups in total. The normalized spacial score (nSPS) is 12.2. The molecular weight excluding hydrogens is 304 g/mol.